The SMILES string of the molecule is COc1cccc2c1cc(CNc1ccc(N3CCN(C(=O)C4CCC(CO)CC4)CC3)nc1)n2C. The van der Waals surface area contributed by atoms with Crippen LogP contribution in [0, 0.1) is 11.8 Å². The van der Waals surface area contributed by atoms with E-state index >= 15 is 0 Å². The average Bonchev–Trinajstić information content (AvgIpc) is 3.27. The fourth-order valence-electron chi connectivity index (χ4n) is 5.61. The maximum Gasteiger partial charge on any atom is 0.225 e. The molecule has 36 heavy (non-hydrogen) atoms. The van der Waals surface area contributed by atoms with Crippen molar-refractivity contribution in [3.63, 3.8) is 0 Å². The number of nitrogens with zero attached hydrogens (tertiary/aromatic N) is 4. The smallest absolute Gasteiger partial charge is 0.225 e. The van der Waals surface area contributed by atoms with Gasteiger partial charge in [0.1, 0.15) is 11.6 Å². The molecule has 0 unspecified atom stereocenters. The van der Waals surface area contributed by atoms with E-state index in [-0.39, 0.29) is 12.5 Å². The number of piperazine rings is 1. The quantitative estimate of drug-likeness (QED) is 0.525. The lowest BCUT2D eigenvalue weighted by atomic mass is 9.81. The first-order chi connectivity index (χ1) is 17.6. The molecule has 3 aromatic rings. The van der Waals surface area contributed by atoms with Gasteiger partial charge in [-0.1, -0.05) is 6.07 Å². The summed E-state index contributed by atoms with van der Waals surface area (Å²) in [4.78, 5) is 21.9. The topological polar surface area (TPSA) is 82.9 Å². The third-order valence-corrected chi connectivity index (χ3v) is 7.96. The predicted octanol–water partition coefficient (Wildman–Crippen LogP) is 3.64. The molecule has 2 fully saturated rings. The van der Waals surface area contributed by atoms with Crippen LogP contribution in [0.2, 0.25) is 0 Å². The van der Waals surface area contributed by atoms with E-state index in [2.05, 4.69) is 46.1 Å². The highest BCUT2D eigenvalue weighted by Crippen LogP contribution is 2.31. The summed E-state index contributed by atoms with van der Waals surface area (Å²) in [5.74, 6) is 2.64. The molecule has 8 heteroatoms. The fraction of sp³-hybridized carbons (Fsp3) is 0.500. The zero-order valence-electron chi connectivity index (χ0n) is 21.3. The summed E-state index contributed by atoms with van der Waals surface area (Å²) in [6, 6.07) is 12.4. The second kappa shape index (κ2) is 10.8. The van der Waals surface area contributed by atoms with Gasteiger partial charge in [-0.3, -0.25) is 4.79 Å². The first-order valence-corrected chi connectivity index (χ1v) is 13.0. The van der Waals surface area contributed by atoms with Crippen molar-refractivity contribution >= 4 is 28.3 Å². The summed E-state index contributed by atoms with van der Waals surface area (Å²) in [5, 5.41) is 13.9. The Bertz CT molecular complexity index is 1180. The minimum Gasteiger partial charge on any atom is -0.496 e. The summed E-state index contributed by atoms with van der Waals surface area (Å²) in [7, 11) is 3.78. The van der Waals surface area contributed by atoms with Crippen LogP contribution in [-0.4, -0.2) is 65.4 Å². The van der Waals surface area contributed by atoms with E-state index in [0.717, 1.165) is 80.0 Å². The van der Waals surface area contributed by atoms with Crippen molar-refractivity contribution in [1.82, 2.24) is 14.5 Å². The number of methoxy groups -OCH3 is 1. The Morgan fingerprint density at radius 2 is 1.89 bits per heavy atom. The number of amides is 1. The maximum absolute atomic E-state index is 13.0. The number of carbonyl (C=O) groups excluding carboxylic acids is 1. The Labute approximate surface area is 212 Å². The van der Waals surface area contributed by atoms with Crippen LogP contribution in [0.15, 0.2) is 42.6 Å². The molecule has 3 heterocycles. The van der Waals surface area contributed by atoms with Gasteiger partial charge >= 0.3 is 0 Å². The van der Waals surface area contributed by atoms with Crippen LogP contribution >= 0.6 is 0 Å². The predicted molar refractivity (Wildman–Crippen MR) is 142 cm³/mol. The average molecular weight is 492 g/mol. The molecule has 1 saturated heterocycles. The van der Waals surface area contributed by atoms with Crippen molar-refractivity contribution in [3.05, 3.63) is 48.3 Å². The molecule has 1 aliphatic carbocycles. The van der Waals surface area contributed by atoms with Gasteiger partial charge in [0, 0.05) is 56.8 Å². The highest BCUT2D eigenvalue weighted by Gasteiger charge is 2.31. The number of fused-ring (bicyclic) bond motifs is 1. The Morgan fingerprint density at radius 3 is 2.56 bits per heavy atom. The number of rotatable bonds is 7. The summed E-state index contributed by atoms with van der Waals surface area (Å²) in [6.45, 7) is 4.02. The Morgan fingerprint density at radius 1 is 1.11 bits per heavy atom. The van der Waals surface area contributed by atoms with Crippen molar-refractivity contribution in [1.29, 1.82) is 0 Å². The summed E-state index contributed by atoms with van der Waals surface area (Å²) >= 11 is 0. The van der Waals surface area contributed by atoms with Crippen LogP contribution in [0.4, 0.5) is 11.5 Å². The number of aliphatic hydroxyl groups excluding tert-OH is 1. The van der Waals surface area contributed by atoms with Crippen LogP contribution in [0.25, 0.3) is 10.9 Å². The van der Waals surface area contributed by atoms with Crippen molar-refractivity contribution in [2.24, 2.45) is 18.9 Å². The monoisotopic (exact) mass is 491 g/mol. The van der Waals surface area contributed by atoms with E-state index in [1.165, 1.54) is 5.69 Å². The molecule has 0 atom stereocenters. The molecule has 192 valence electrons. The van der Waals surface area contributed by atoms with E-state index in [4.69, 9.17) is 9.72 Å². The minimum absolute atomic E-state index is 0.130. The Kier molecular flexibility index (Phi) is 7.32. The second-order valence-corrected chi connectivity index (χ2v) is 10.1. The number of aliphatic hydroxyl groups is 1. The first-order valence-electron chi connectivity index (χ1n) is 13.0. The number of hydrogen-bond acceptors (Lipinski definition) is 6. The Balaban J connectivity index is 1.13. The van der Waals surface area contributed by atoms with Gasteiger partial charge in [-0.05, 0) is 61.9 Å². The number of pyridine rings is 1. The number of benzene rings is 1. The van der Waals surface area contributed by atoms with Crippen LogP contribution < -0.4 is 15.0 Å². The van der Waals surface area contributed by atoms with Crippen molar-refractivity contribution in [2.45, 2.75) is 32.2 Å². The standard InChI is InChI=1S/C28H37N5O3/c1-31-23(16-24-25(31)4-3-5-26(24)36-2)18-29-22-10-11-27(30-17-22)32-12-14-33(15-13-32)28(35)21-8-6-20(19-34)7-9-21/h3-5,10-11,16-17,20-21,29,34H,6-9,12-15,18-19H2,1-2H3. The number of nitrogens with one attached hydrogen (secondary N) is 1. The minimum atomic E-state index is 0.130. The molecular weight excluding hydrogens is 454 g/mol. The third kappa shape index (κ3) is 5.00. The number of carbonyl (C=O) groups is 1. The number of aromatic nitrogens is 2. The highest BCUT2D eigenvalue weighted by molar-refractivity contribution is 5.87. The van der Waals surface area contributed by atoms with Crippen LogP contribution in [0.1, 0.15) is 31.4 Å². The van der Waals surface area contributed by atoms with E-state index < -0.39 is 0 Å². The number of hydrogen-bond donors (Lipinski definition) is 2. The summed E-state index contributed by atoms with van der Waals surface area (Å²) < 4.78 is 7.70. The lowest BCUT2D eigenvalue weighted by molar-refractivity contribution is -0.137. The zero-order valence-corrected chi connectivity index (χ0v) is 21.3. The molecule has 1 amide bonds. The zero-order chi connectivity index (χ0) is 25.1. The van der Waals surface area contributed by atoms with Crippen molar-refractivity contribution < 1.29 is 14.6 Å². The van der Waals surface area contributed by atoms with Gasteiger partial charge < -0.3 is 29.5 Å². The van der Waals surface area contributed by atoms with E-state index in [0.29, 0.717) is 18.4 Å². The highest BCUT2D eigenvalue weighted by atomic mass is 16.5. The maximum atomic E-state index is 13.0. The number of aryl methyl sites for hydroxylation is 1. The Hall–Kier alpha value is -3.26. The van der Waals surface area contributed by atoms with Crippen LogP contribution in [0.3, 0.4) is 0 Å². The molecule has 0 bridgehead atoms. The molecule has 0 radical (unpaired) electrons. The van der Waals surface area contributed by atoms with Gasteiger partial charge in [-0.25, -0.2) is 4.98 Å². The molecular formula is C28H37N5O3. The van der Waals surface area contributed by atoms with E-state index in [1.807, 2.05) is 23.2 Å². The van der Waals surface area contributed by atoms with Crippen LogP contribution in [-0.2, 0) is 18.4 Å². The normalized spacial score (nSPS) is 20.5. The second-order valence-electron chi connectivity index (χ2n) is 10.1. The van der Waals surface area contributed by atoms with Gasteiger partial charge in [0.25, 0.3) is 0 Å². The first kappa shape index (κ1) is 24.4. The molecule has 2 aromatic heterocycles. The van der Waals surface area contributed by atoms with Gasteiger partial charge in [0.05, 0.1) is 31.1 Å². The molecule has 2 N–H and O–H groups in total. The largest absolute Gasteiger partial charge is 0.496 e. The molecule has 1 saturated carbocycles. The lowest BCUT2D eigenvalue weighted by Crippen LogP contribution is -2.51. The van der Waals surface area contributed by atoms with Gasteiger partial charge in [0.15, 0.2) is 0 Å². The molecule has 0 spiro atoms. The van der Waals surface area contributed by atoms with Crippen molar-refractivity contribution in [2.75, 3.05) is 50.1 Å². The number of anilines is 2. The summed E-state index contributed by atoms with van der Waals surface area (Å²) in [6.07, 6.45) is 5.63. The molecule has 1 aromatic carbocycles. The summed E-state index contributed by atoms with van der Waals surface area (Å²) in [5.41, 5.74) is 3.29. The third-order valence-electron chi connectivity index (χ3n) is 7.96. The lowest BCUT2D eigenvalue weighted by Gasteiger charge is -2.38. The molecule has 8 nitrogen and oxygen atoms in total. The number of ether oxygens (including phenoxy) is 1. The van der Waals surface area contributed by atoms with Crippen molar-refractivity contribution in [3.8, 4) is 5.75 Å². The molecule has 5 rings (SSSR count). The van der Waals surface area contributed by atoms with Gasteiger partial charge in [0.2, 0.25) is 5.91 Å². The fourth-order valence-corrected chi connectivity index (χ4v) is 5.61. The van der Waals surface area contributed by atoms with Crippen LogP contribution in [0.5, 0.6) is 5.75 Å². The van der Waals surface area contributed by atoms with E-state index in [9.17, 15) is 9.90 Å². The molecule has 1 aliphatic heterocycles. The van der Waals surface area contributed by atoms with Gasteiger partial charge in [-0.2, -0.15) is 0 Å². The van der Waals surface area contributed by atoms with Gasteiger partial charge in [-0.15, -0.1) is 0 Å². The van der Waals surface area contributed by atoms with E-state index in [1.54, 1.807) is 7.11 Å². The molecule has 2 aliphatic rings.